The summed E-state index contributed by atoms with van der Waals surface area (Å²) >= 11 is 0. The summed E-state index contributed by atoms with van der Waals surface area (Å²) in [5.74, 6) is 1.38. The summed E-state index contributed by atoms with van der Waals surface area (Å²) in [4.78, 5) is 8.31. The molecule has 4 nitrogen and oxygen atoms in total. The zero-order chi connectivity index (χ0) is 14.1. The maximum Gasteiger partial charge on any atom is 0.114 e. The smallest absolute Gasteiger partial charge is 0.114 e. The highest BCUT2D eigenvalue weighted by atomic mass is 16.5. The van der Waals surface area contributed by atoms with Crippen molar-refractivity contribution in [3.63, 3.8) is 0 Å². The third kappa shape index (κ3) is 2.45. The summed E-state index contributed by atoms with van der Waals surface area (Å²) in [6, 6.07) is 4.73. The van der Waals surface area contributed by atoms with Crippen LogP contribution in [-0.4, -0.2) is 35.8 Å². The van der Waals surface area contributed by atoms with E-state index in [1.54, 1.807) is 0 Å². The average molecular weight is 273 g/mol. The Labute approximate surface area is 119 Å². The van der Waals surface area contributed by atoms with Gasteiger partial charge in [0.1, 0.15) is 5.82 Å². The first-order chi connectivity index (χ1) is 9.69. The lowest BCUT2D eigenvalue weighted by Gasteiger charge is -2.16. The lowest BCUT2D eigenvalue weighted by Crippen LogP contribution is -2.35. The van der Waals surface area contributed by atoms with Crippen LogP contribution in [-0.2, 0) is 4.74 Å². The van der Waals surface area contributed by atoms with E-state index in [1.165, 1.54) is 11.1 Å². The Bertz CT molecular complexity index is 605. The molecule has 2 N–H and O–H groups in total. The third-order valence-electron chi connectivity index (χ3n) is 4.03. The fourth-order valence-corrected chi connectivity index (χ4v) is 3.02. The molecule has 20 heavy (non-hydrogen) atoms. The summed E-state index contributed by atoms with van der Waals surface area (Å²) in [5, 5.41) is 3.57. The van der Waals surface area contributed by atoms with E-state index in [2.05, 4.69) is 43.2 Å². The van der Waals surface area contributed by atoms with Gasteiger partial charge in [-0.2, -0.15) is 0 Å². The number of aromatic amines is 1. The molecule has 2 unspecified atom stereocenters. The van der Waals surface area contributed by atoms with E-state index in [-0.39, 0.29) is 0 Å². The Hall–Kier alpha value is -1.39. The van der Waals surface area contributed by atoms with Crippen LogP contribution in [0.3, 0.4) is 0 Å². The third-order valence-corrected chi connectivity index (χ3v) is 4.03. The van der Waals surface area contributed by atoms with Crippen molar-refractivity contribution in [3.05, 3.63) is 29.1 Å². The number of aromatic nitrogens is 2. The molecule has 0 saturated carbocycles. The highest BCUT2D eigenvalue weighted by Gasteiger charge is 2.31. The van der Waals surface area contributed by atoms with Gasteiger partial charge >= 0.3 is 0 Å². The number of H-pyrrole nitrogens is 1. The van der Waals surface area contributed by atoms with Crippen LogP contribution < -0.4 is 5.32 Å². The van der Waals surface area contributed by atoms with Crippen LogP contribution in [0.25, 0.3) is 11.0 Å². The van der Waals surface area contributed by atoms with Crippen molar-refractivity contribution in [2.75, 3.05) is 19.8 Å². The number of rotatable bonds is 4. The number of benzene rings is 1. The van der Waals surface area contributed by atoms with Crippen LogP contribution in [0.4, 0.5) is 0 Å². The molecular formula is C16H23N3O. The highest BCUT2D eigenvalue weighted by Crippen LogP contribution is 2.27. The van der Waals surface area contributed by atoms with E-state index in [0.29, 0.717) is 12.0 Å². The minimum absolute atomic E-state index is 0.327. The maximum absolute atomic E-state index is 5.65. The molecule has 0 aliphatic carbocycles. The topological polar surface area (TPSA) is 49.9 Å². The van der Waals surface area contributed by atoms with Crippen LogP contribution in [0.15, 0.2) is 12.1 Å². The molecule has 0 bridgehead atoms. The maximum atomic E-state index is 5.65. The molecule has 1 saturated heterocycles. The number of nitrogens with zero attached hydrogens (tertiary/aromatic N) is 1. The second-order valence-corrected chi connectivity index (χ2v) is 5.80. The van der Waals surface area contributed by atoms with Crippen molar-refractivity contribution >= 4 is 11.0 Å². The summed E-state index contributed by atoms with van der Waals surface area (Å²) in [6.07, 6.45) is 1.14. The molecular weight excluding hydrogens is 250 g/mol. The minimum atomic E-state index is 0.327. The van der Waals surface area contributed by atoms with E-state index in [0.717, 1.165) is 43.0 Å². The molecule has 3 rings (SSSR count). The van der Waals surface area contributed by atoms with Crippen LogP contribution in [0.5, 0.6) is 0 Å². The number of aryl methyl sites for hydroxylation is 2. The largest absolute Gasteiger partial charge is 0.379 e. The fourth-order valence-electron chi connectivity index (χ4n) is 3.02. The zero-order valence-corrected chi connectivity index (χ0v) is 12.5. The number of imidazole rings is 1. The zero-order valence-electron chi connectivity index (χ0n) is 12.5. The molecule has 0 radical (unpaired) electrons. The van der Waals surface area contributed by atoms with Crippen molar-refractivity contribution in [1.29, 1.82) is 0 Å². The van der Waals surface area contributed by atoms with Crippen molar-refractivity contribution in [2.24, 2.45) is 0 Å². The van der Waals surface area contributed by atoms with E-state index in [1.807, 2.05) is 0 Å². The van der Waals surface area contributed by atoms with E-state index in [4.69, 9.17) is 9.72 Å². The lowest BCUT2D eigenvalue weighted by atomic mass is 10.0. The van der Waals surface area contributed by atoms with Gasteiger partial charge in [-0.1, -0.05) is 13.0 Å². The van der Waals surface area contributed by atoms with Gasteiger partial charge in [0, 0.05) is 6.04 Å². The first kappa shape index (κ1) is 13.6. The number of hydrogen-bond acceptors (Lipinski definition) is 3. The summed E-state index contributed by atoms with van der Waals surface area (Å²) < 4.78 is 5.65. The standard InChI is InChI=1S/C16H23N3O/c1-4-5-17-14-9-20-8-12(14)16-18-13-7-10(2)6-11(3)15(13)19-16/h6-7,12,14,17H,4-5,8-9H2,1-3H3,(H,18,19). The monoisotopic (exact) mass is 273 g/mol. The second kappa shape index (κ2) is 5.54. The van der Waals surface area contributed by atoms with Crippen molar-refractivity contribution in [1.82, 2.24) is 15.3 Å². The molecule has 1 aromatic heterocycles. The Morgan fingerprint density at radius 3 is 3.00 bits per heavy atom. The molecule has 108 valence electrons. The van der Waals surface area contributed by atoms with Crippen LogP contribution in [0, 0.1) is 13.8 Å². The molecule has 2 aromatic rings. The summed E-state index contributed by atoms with van der Waals surface area (Å²) in [6.45, 7) is 8.99. The molecule has 0 spiro atoms. The highest BCUT2D eigenvalue weighted by molar-refractivity contribution is 5.79. The van der Waals surface area contributed by atoms with Crippen LogP contribution in [0.1, 0.15) is 36.2 Å². The molecule has 1 aromatic carbocycles. The summed E-state index contributed by atoms with van der Waals surface area (Å²) in [7, 11) is 0. The molecule has 0 amide bonds. The number of nitrogens with one attached hydrogen (secondary N) is 2. The van der Waals surface area contributed by atoms with Gasteiger partial charge in [-0.3, -0.25) is 0 Å². The normalized spacial score (nSPS) is 22.8. The molecule has 1 aliphatic heterocycles. The molecule has 2 atom stereocenters. The predicted molar refractivity (Wildman–Crippen MR) is 81.2 cm³/mol. The van der Waals surface area contributed by atoms with Gasteiger partial charge in [0.15, 0.2) is 0 Å². The molecule has 1 fully saturated rings. The van der Waals surface area contributed by atoms with Crippen LogP contribution in [0.2, 0.25) is 0 Å². The van der Waals surface area contributed by atoms with Crippen molar-refractivity contribution in [3.8, 4) is 0 Å². The minimum Gasteiger partial charge on any atom is -0.379 e. The lowest BCUT2D eigenvalue weighted by molar-refractivity contribution is 0.187. The van der Waals surface area contributed by atoms with E-state index < -0.39 is 0 Å². The Morgan fingerprint density at radius 1 is 1.35 bits per heavy atom. The van der Waals surface area contributed by atoms with E-state index >= 15 is 0 Å². The van der Waals surface area contributed by atoms with Gasteiger partial charge in [-0.25, -0.2) is 4.98 Å². The SMILES string of the molecule is CCCNC1COCC1c1nc2c(C)cc(C)cc2[nH]1. The number of ether oxygens (including phenoxy) is 1. The number of fused-ring (bicyclic) bond motifs is 1. The molecule has 4 heteroatoms. The Morgan fingerprint density at radius 2 is 2.20 bits per heavy atom. The average Bonchev–Trinajstić information content (AvgIpc) is 3.01. The Balaban J connectivity index is 1.91. The predicted octanol–water partition coefficient (Wildman–Crippen LogP) is 2.66. The van der Waals surface area contributed by atoms with Gasteiger partial charge in [-0.05, 0) is 44.0 Å². The van der Waals surface area contributed by atoms with Gasteiger partial charge in [0.2, 0.25) is 0 Å². The summed E-state index contributed by atoms with van der Waals surface area (Å²) in [5.41, 5.74) is 4.73. The number of hydrogen-bond donors (Lipinski definition) is 2. The van der Waals surface area contributed by atoms with Gasteiger partial charge in [0.25, 0.3) is 0 Å². The molecule has 1 aliphatic rings. The van der Waals surface area contributed by atoms with Gasteiger partial charge in [0.05, 0.1) is 30.2 Å². The van der Waals surface area contributed by atoms with Gasteiger partial charge < -0.3 is 15.0 Å². The van der Waals surface area contributed by atoms with Crippen molar-refractivity contribution in [2.45, 2.75) is 39.2 Å². The molecule has 2 heterocycles. The first-order valence-corrected chi connectivity index (χ1v) is 7.47. The Kier molecular flexibility index (Phi) is 3.76. The first-order valence-electron chi connectivity index (χ1n) is 7.47. The van der Waals surface area contributed by atoms with E-state index in [9.17, 15) is 0 Å². The van der Waals surface area contributed by atoms with Gasteiger partial charge in [-0.15, -0.1) is 0 Å². The van der Waals surface area contributed by atoms with Crippen LogP contribution >= 0.6 is 0 Å². The van der Waals surface area contributed by atoms with Crippen molar-refractivity contribution < 1.29 is 4.74 Å². The quantitative estimate of drug-likeness (QED) is 0.900. The fraction of sp³-hybridized carbons (Fsp3) is 0.562. The second-order valence-electron chi connectivity index (χ2n) is 5.80.